The Hall–Kier alpha value is -4.34. The van der Waals surface area contributed by atoms with Crippen LogP contribution in [0.2, 0.25) is 0 Å². The number of carbonyl (C=O) groups is 4. The molecule has 182 valence electrons. The van der Waals surface area contributed by atoms with Gasteiger partial charge in [0.15, 0.2) is 0 Å². The molecule has 3 aliphatic heterocycles. The third-order valence-electron chi connectivity index (χ3n) is 7.24. The average Bonchev–Trinajstić information content (AvgIpc) is 3.48. The Labute approximate surface area is 206 Å². The molecule has 1 N–H and O–H groups in total. The van der Waals surface area contributed by atoms with E-state index in [1.165, 1.54) is 4.90 Å². The van der Waals surface area contributed by atoms with Gasteiger partial charge >= 0.3 is 0 Å². The highest BCUT2D eigenvalue weighted by Gasteiger charge is 2.39. The molecule has 0 bridgehead atoms. The second-order valence-corrected chi connectivity index (χ2v) is 9.39. The van der Waals surface area contributed by atoms with Crippen LogP contribution in [0, 0.1) is 0 Å². The van der Waals surface area contributed by atoms with Crippen molar-refractivity contribution in [1.82, 2.24) is 25.2 Å². The summed E-state index contributed by atoms with van der Waals surface area (Å²) in [6.45, 7) is 2.48. The van der Waals surface area contributed by atoms with E-state index in [4.69, 9.17) is 0 Å². The Kier molecular flexibility index (Phi) is 5.17. The lowest BCUT2D eigenvalue weighted by molar-refractivity contribution is -0.137. The van der Waals surface area contributed by atoms with E-state index in [0.717, 1.165) is 28.8 Å². The maximum Gasteiger partial charge on any atom is 0.255 e. The molecule has 2 unspecified atom stereocenters. The van der Waals surface area contributed by atoms with Crippen molar-refractivity contribution in [2.75, 3.05) is 11.4 Å². The molecule has 36 heavy (non-hydrogen) atoms. The highest BCUT2D eigenvalue weighted by atomic mass is 16.2. The van der Waals surface area contributed by atoms with Crippen LogP contribution in [0.5, 0.6) is 0 Å². The van der Waals surface area contributed by atoms with Gasteiger partial charge < -0.3 is 9.80 Å². The van der Waals surface area contributed by atoms with Gasteiger partial charge in [-0.15, -0.1) is 5.10 Å². The maximum absolute atomic E-state index is 13.0. The van der Waals surface area contributed by atoms with Crippen LogP contribution in [0.4, 0.5) is 5.69 Å². The minimum atomic E-state index is -0.645. The van der Waals surface area contributed by atoms with Crippen LogP contribution < -0.4 is 10.2 Å². The van der Waals surface area contributed by atoms with Crippen LogP contribution in [0.3, 0.4) is 0 Å². The number of imide groups is 1. The third-order valence-corrected chi connectivity index (χ3v) is 7.24. The van der Waals surface area contributed by atoms with Gasteiger partial charge in [-0.2, -0.15) is 0 Å². The van der Waals surface area contributed by atoms with Gasteiger partial charge in [0.25, 0.3) is 5.91 Å². The number of rotatable bonds is 3. The number of nitrogens with one attached hydrogen (secondary N) is 1. The van der Waals surface area contributed by atoms with Crippen LogP contribution in [0.25, 0.3) is 11.3 Å². The zero-order valence-electron chi connectivity index (χ0n) is 19.7. The third kappa shape index (κ3) is 3.57. The lowest BCUT2D eigenvalue weighted by Crippen LogP contribution is -2.52. The molecule has 2 atom stereocenters. The predicted octanol–water partition coefficient (Wildman–Crippen LogP) is 2.05. The molecule has 3 aliphatic rings. The Balaban J connectivity index is 1.26. The first kappa shape index (κ1) is 22.1. The summed E-state index contributed by atoms with van der Waals surface area (Å²) in [6, 6.07) is 12.7. The first-order valence-corrected chi connectivity index (χ1v) is 12.0. The van der Waals surface area contributed by atoms with Crippen LogP contribution in [0.1, 0.15) is 53.7 Å². The average molecular weight is 485 g/mol. The first-order valence-electron chi connectivity index (χ1n) is 12.0. The van der Waals surface area contributed by atoms with E-state index in [9.17, 15) is 19.2 Å². The standard InChI is InChI=1S/C26H24N6O4/c1-15(33)30-11-10-22(19-4-2-3-5-21(19)30)32-14-20(28-29-32)16-6-7-18-17(12-16)13-31(26(18)36)23-8-9-24(34)27-25(23)35/h2-7,12,14,22-23H,8-11,13H2,1H3,(H,27,34,35). The summed E-state index contributed by atoms with van der Waals surface area (Å²) in [5.74, 6) is -0.921. The molecule has 1 aromatic heterocycles. The van der Waals surface area contributed by atoms with Gasteiger partial charge in [0.1, 0.15) is 11.7 Å². The molecule has 1 saturated heterocycles. The maximum atomic E-state index is 13.0. The number of para-hydroxylation sites is 1. The number of fused-ring (bicyclic) bond motifs is 2. The first-order chi connectivity index (χ1) is 17.4. The smallest absolute Gasteiger partial charge is 0.255 e. The number of amides is 4. The second kappa shape index (κ2) is 8.40. The van der Waals surface area contributed by atoms with Crippen molar-refractivity contribution in [3.8, 4) is 11.3 Å². The van der Waals surface area contributed by atoms with Crippen molar-refractivity contribution in [2.45, 2.75) is 44.8 Å². The van der Waals surface area contributed by atoms with Crippen molar-refractivity contribution in [3.05, 3.63) is 65.4 Å². The molecule has 6 rings (SSSR count). The van der Waals surface area contributed by atoms with Crippen molar-refractivity contribution < 1.29 is 19.2 Å². The van der Waals surface area contributed by atoms with Crippen molar-refractivity contribution in [3.63, 3.8) is 0 Å². The fraction of sp³-hybridized carbons (Fsp3) is 0.308. The largest absolute Gasteiger partial charge is 0.322 e. The van der Waals surface area contributed by atoms with Crippen LogP contribution in [-0.2, 0) is 20.9 Å². The topological polar surface area (TPSA) is 118 Å². The van der Waals surface area contributed by atoms with Crippen molar-refractivity contribution in [1.29, 1.82) is 0 Å². The number of piperidine rings is 1. The van der Waals surface area contributed by atoms with Gasteiger partial charge in [-0.25, -0.2) is 4.68 Å². The fourth-order valence-corrected chi connectivity index (χ4v) is 5.44. The number of anilines is 1. The van der Waals surface area contributed by atoms with Gasteiger partial charge in [-0.05, 0) is 36.6 Å². The number of nitrogens with zero attached hydrogens (tertiary/aromatic N) is 5. The Morgan fingerprint density at radius 3 is 2.69 bits per heavy atom. The molecule has 10 nitrogen and oxygen atoms in total. The summed E-state index contributed by atoms with van der Waals surface area (Å²) in [7, 11) is 0. The van der Waals surface area contributed by atoms with E-state index in [2.05, 4.69) is 15.6 Å². The summed E-state index contributed by atoms with van der Waals surface area (Å²) in [4.78, 5) is 52.2. The molecular formula is C26H24N6O4. The Morgan fingerprint density at radius 2 is 1.89 bits per heavy atom. The molecule has 1 fully saturated rings. The minimum absolute atomic E-state index is 0.0132. The fourth-order valence-electron chi connectivity index (χ4n) is 5.44. The van der Waals surface area contributed by atoms with Gasteiger partial charge in [0.2, 0.25) is 17.7 Å². The van der Waals surface area contributed by atoms with Gasteiger partial charge in [-0.1, -0.05) is 29.5 Å². The summed E-state index contributed by atoms with van der Waals surface area (Å²) < 4.78 is 1.83. The quantitative estimate of drug-likeness (QED) is 0.569. The van der Waals surface area contributed by atoms with Crippen LogP contribution in [0.15, 0.2) is 48.7 Å². The summed E-state index contributed by atoms with van der Waals surface area (Å²) >= 11 is 0. The normalized spacial score (nSPS) is 21.3. The van der Waals surface area contributed by atoms with E-state index in [1.54, 1.807) is 17.9 Å². The number of carbonyl (C=O) groups excluding carboxylic acids is 4. The van der Waals surface area contributed by atoms with E-state index in [0.29, 0.717) is 30.8 Å². The molecule has 4 heterocycles. The van der Waals surface area contributed by atoms with Gasteiger partial charge in [-0.3, -0.25) is 24.5 Å². The lowest BCUT2D eigenvalue weighted by atomic mass is 9.96. The molecule has 3 aromatic rings. The predicted molar refractivity (Wildman–Crippen MR) is 129 cm³/mol. The van der Waals surface area contributed by atoms with E-state index in [1.807, 2.05) is 47.3 Å². The molecule has 0 saturated carbocycles. The highest BCUT2D eigenvalue weighted by Crippen LogP contribution is 2.37. The van der Waals surface area contributed by atoms with Gasteiger partial charge in [0, 0.05) is 48.8 Å². The lowest BCUT2D eigenvalue weighted by Gasteiger charge is -2.33. The summed E-state index contributed by atoms with van der Waals surface area (Å²) in [5.41, 5.74) is 4.79. The highest BCUT2D eigenvalue weighted by molar-refractivity contribution is 6.05. The second-order valence-electron chi connectivity index (χ2n) is 9.39. The van der Waals surface area contributed by atoms with Crippen LogP contribution >= 0.6 is 0 Å². The Bertz CT molecular complexity index is 1430. The zero-order valence-corrected chi connectivity index (χ0v) is 19.7. The Morgan fingerprint density at radius 1 is 1.06 bits per heavy atom. The van der Waals surface area contributed by atoms with E-state index < -0.39 is 11.9 Å². The molecule has 0 spiro atoms. The monoisotopic (exact) mass is 484 g/mol. The molecule has 2 aromatic carbocycles. The number of hydrogen-bond acceptors (Lipinski definition) is 6. The van der Waals surface area contributed by atoms with Crippen molar-refractivity contribution >= 4 is 29.3 Å². The number of hydrogen-bond donors (Lipinski definition) is 1. The minimum Gasteiger partial charge on any atom is -0.322 e. The molecule has 0 radical (unpaired) electrons. The molecule has 4 amide bonds. The number of aromatic nitrogens is 3. The molecular weight excluding hydrogens is 460 g/mol. The summed E-state index contributed by atoms with van der Waals surface area (Å²) in [6.07, 6.45) is 3.16. The molecule has 0 aliphatic carbocycles. The van der Waals surface area contributed by atoms with Crippen LogP contribution in [-0.4, -0.2) is 56.1 Å². The van der Waals surface area contributed by atoms with E-state index in [-0.39, 0.29) is 30.2 Å². The van der Waals surface area contributed by atoms with E-state index >= 15 is 0 Å². The van der Waals surface area contributed by atoms with Gasteiger partial charge in [0.05, 0.1) is 12.2 Å². The van der Waals surface area contributed by atoms with Crippen molar-refractivity contribution in [2.24, 2.45) is 0 Å². The SMILES string of the molecule is CC(=O)N1CCC(n2cc(-c3ccc4c(c3)CN(C3CCC(=O)NC3=O)C4=O)nn2)c2ccccc21. The zero-order chi connectivity index (χ0) is 25.0. The molecule has 10 heteroatoms. The number of benzene rings is 2. The summed E-state index contributed by atoms with van der Waals surface area (Å²) in [5, 5.41) is 11.1.